The van der Waals surface area contributed by atoms with Crippen molar-refractivity contribution in [1.82, 2.24) is 9.55 Å². The third kappa shape index (κ3) is 3.29. The molecule has 0 spiro atoms. The molecule has 0 bridgehead atoms. The molecule has 1 N–H and O–H groups in total. The lowest BCUT2D eigenvalue weighted by atomic mass is 10.0. The highest BCUT2D eigenvalue weighted by atomic mass is 32.1. The molecule has 136 valence electrons. The topological polar surface area (TPSA) is 64.0 Å². The summed E-state index contributed by atoms with van der Waals surface area (Å²) in [6.07, 6.45) is 1.52. The summed E-state index contributed by atoms with van der Waals surface area (Å²) in [6.45, 7) is 9.98. The molecule has 0 saturated heterocycles. The molecule has 0 unspecified atom stereocenters. The van der Waals surface area contributed by atoms with Gasteiger partial charge in [-0.2, -0.15) is 0 Å². The van der Waals surface area contributed by atoms with Crippen LogP contribution < -0.4 is 10.9 Å². The molecule has 0 atom stereocenters. The minimum atomic E-state index is -0.236. The van der Waals surface area contributed by atoms with Gasteiger partial charge in [0.1, 0.15) is 10.2 Å². The van der Waals surface area contributed by atoms with Crippen molar-refractivity contribution in [3.05, 3.63) is 57.0 Å². The molecule has 26 heavy (non-hydrogen) atoms. The van der Waals surface area contributed by atoms with E-state index in [4.69, 9.17) is 0 Å². The van der Waals surface area contributed by atoms with E-state index in [1.165, 1.54) is 23.2 Å². The molecule has 2 aromatic heterocycles. The average molecular weight is 369 g/mol. The number of thiophene rings is 1. The molecule has 0 saturated carbocycles. The minimum absolute atomic E-state index is 0.0264. The normalized spacial score (nSPS) is 11.5. The van der Waals surface area contributed by atoms with Crippen molar-refractivity contribution >= 4 is 33.1 Å². The van der Waals surface area contributed by atoms with Crippen LogP contribution in [0.5, 0.6) is 0 Å². The molecular formula is C20H23N3O2S. The Hall–Kier alpha value is -2.47. The molecule has 0 radical (unpaired) electrons. The third-order valence-corrected chi connectivity index (χ3v) is 5.50. The Bertz CT molecular complexity index is 1010. The summed E-state index contributed by atoms with van der Waals surface area (Å²) in [4.78, 5) is 30.6. The van der Waals surface area contributed by atoms with Gasteiger partial charge in [-0.15, -0.1) is 11.3 Å². The van der Waals surface area contributed by atoms with E-state index in [1.807, 2.05) is 45.0 Å². The maximum atomic E-state index is 12.8. The Morgan fingerprint density at radius 2 is 1.81 bits per heavy atom. The second-order valence-corrected chi connectivity index (χ2v) is 8.22. The van der Waals surface area contributed by atoms with Gasteiger partial charge in [0.2, 0.25) is 0 Å². The molecule has 6 heteroatoms. The number of rotatable bonds is 4. The maximum Gasteiger partial charge on any atom is 0.271 e. The molecule has 0 fully saturated rings. The van der Waals surface area contributed by atoms with Crippen LogP contribution in [0.25, 0.3) is 10.2 Å². The highest BCUT2D eigenvalue weighted by Crippen LogP contribution is 2.28. The van der Waals surface area contributed by atoms with E-state index >= 15 is 0 Å². The lowest BCUT2D eigenvalue weighted by Gasteiger charge is -2.09. The van der Waals surface area contributed by atoms with Crippen LogP contribution in [0.4, 0.5) is 5.69 Å². The number of carbonyl (C=O) groups is 1. The number of nitrogens with one attached hydrogen (secondary N) is 1. The average Bonchev–Trinajstić information content (AvgIpc) is 2.92. The van der Waals surface area contributed by atoms with E-state index in [2.05, 4.69) is 24.1 Å². The molecule has 0 aliphatic heterocycles. The van der Waals surface area contributed by atoms with Gasteiger partial charge in [-0.3, -0.25) is 14.2 Å². The van der Waals surface area contributed by atoms with Crippen LogP contribution in [0.15, 0.2) is 35.4 Å². The summed E-state index contributed by atoms with van der Waals surface area (Å²) in [5.74, 6) is 0.204. The van der Waals surface area contributed by atoms with Crippen molar-refractivity contribution in [1.29, 1.82) is 0 Å². The van der Waals surface area contributed by atoms with Crippen molar-refractivity contribution < 1.29 is 4.79 Å². The predicted octanol–water partition coefficient (Wildman–Crippen LogP) is 4.72. The predicted molar refractivity (Wildman–Crippen MR) is 107 cm³/mol. The lowest BCUT2D eigenvalue weighted by Crippen LogP contribution is -2.22. The first kappa shape index (κ1) is 18.3. The summed E-state index contributed by atoms with van der Waals surface area (Å²) >= 11 is 1.33. The first-order valence-corrected chi connectivity index (χ1v) is 9.52. The molecular weight excluding hydrogens is 346 g/mol. The van der Waals surface area contributed by atoms with Crippen LogP contribution in [-0.2, 0) is 0 Å². The van der Waals surface area contributed by atoms with Crippen LogP contribution in [0, 0.1) is 6.92 Å². The molecule has 2 heterocycles. The molecule has 3 aromatic rings. The Balaban J connectivity index is 1.97. The fourth-order valence-electron chi connectivity index (χ4n) is 2.87. The maximum absolute atomic E-state index is 12.8. The second-order valence-electron chi connectivity index (χ2n) is 6.99. The number of amides is 1. The highest BCUT2D eigenvalue weighted by Gasteiger charge is 2.21. The summed E-state index contributed by atoms with van der Waals surface area (Å²) in [7, 11) is 0. The number of hydrogen-bond donors (Lipinski definition) is 1. The summed E-state index contributed by atoms with van der Waals surface area (Å²) in [6, 6.07) is 7.85. The van der Waals surface area contributed by atoms with Gasteiger partial charge in [-0.05, 0) is 44.4 Å². The Morgan fingerprint density at radius 1 is 1.15 bits per heavy atom. The molecule has 0 aliphatic rings. The van der Waals surface area contributed by atoms with E-state index in [0.717, 1.165) is 10.6 Å². The van der Waals surface area contributed by atoms with E-state index in [1.54, 1.807) is 4.57 Å². The molecule has 5 nitrogen and oxygen atoms in total. The first-order chi connectivity index (χ1) is 12.3. The molecule has 3 rings (SSSR count). The van der Waals surface area contributed by atoms with Crippen molar-refractivity contribution in [3.8, 4) is 0 Å². The monoisotopic (exact) mass is 369 g/mol. The number of carbonyl (C=O) groups excluding carboxylic acids is 1. The van der Waals surface area contributed by atoms with Gasteiger partial charge in [0, 0.05) is 16.6 Å². The molecule has 1 amide bonds. The van der Waals surface area contributed by atoms with Gasteiger partial charge in [0.25, 0.3) is 11.5 Å². The number of anilines is 1. The van der Waals surface area contributed by atoms with Gasteiger partial charge in [0.05, 0.1) is 11.9 Å². The number of hydrogen-bond acceptors (Lipinski definition) is 4. The quantitative estimate of drug-likeness (QED) is 0.723. The smallest absolute Gasteiger partial charge is 0.271 e. The van der Waals surface area contributed by atoms with Crippen LogP contribution >= 0.6 is 11.3 Å². The van der Waals surface area contributed by atoms with E-state index in [0.29, 0.717) is 21.7 Å². The van der Waals surface area contributed by atoms with Gasteiger partial charge < -0.3 is 5.32 Å². The zero-order chi connectivity index (χ0) is 19.0. The highest BCUT2D eigenvalue weighted by molar-refractivity contribution is 7.19. The lowest BCUT2D eigenvalue weighted by molar-refractivity contribution is 0.102. The van der Waals surface area contributed by atoms with E-state index < -0.39 is 0 Å². The number of fused-ring (bicyclic) bond motifs is 1. The van der Waals surface area contributed by atoms with Crippen LogP contribution in [0.1, 0.15) is 60.5 Å². The fraction of sp³-hybridized carbons (Fsp3) is 0.350. The summed E-state index contributed by atoms with van der Waals surface area (Å²) in [5, 5.41) is 2.92. The zero-order valence-corrected chi connectivity index (χ0v) is 16.5. The van der Waals surface area contributed by atoms with Crippen LogP contribution in [-0.4, -0.2) is 15.5 Å². The van der Waals surface area contributed by atoms with Gasteiger partial charge in [-0.25, -0.2) is 4.98 Å². The van der Waals surface area contributed by atoms with E-state index in [-0.39, 0.29) is 17.5 Å². The number of aryl methyl sites for hydroxylation is 1. The van der Waals surface area contributed by atoms with Crippen molar-refractivity contribution in [3.63, 3.8) is 0 Å². The number of benzene rings is 1. The number of aromatic nitrogens is 2. The Kier molecular flexibility index (Phi) is 4.96. The zero-order valence-electron chi connectivity index (χ0n) is 15.7. The van der Waals surface area contributed by atoms with Crippen molar-refractivity contribution in [2.24, 2.45) is 0 Å². The van der Waals surface area contributed by atoms with E-state index in [9.17, 15) is 9.59 Å². The van der Waals surface area contributed by atoms with Crippen molar-refractivity contribution in [2.45, 2.75) is 46.6 Å². The first-order valence-electron chi connectivity index (χ1n) is 8.71. The standard InChI is InChI=1S/C20H23N3O2S/c1-11(2)14-6-8-15(9-7-14)22-19(24)16-13(5)26-18-17(16)21-10-23(12(3)4)20(18)25/h6-12H,1-5H3,(H,22,24). The van der Waals surface area contributed by atoms with Gasteiger partial charge >= 0.3 is 0 Å². The largest absolute Gasteiger partial charge is 0.322 e. The molecule has 0 aliphatic carbocycles. The minimum Gasteiger partial charge on any atom is -0.322 e. The summed E-state index contributed by atoms with van der Waals surface area (Å²) < 4.78 is 2.11. The molecule has 1 aromatic carbocycles. The third-order valence-electron chi connectivity index (χ3n) is 4.42. The Labute approximate surface area is 156 Å². The SMILES string of the molecule is Cc1sc2c(=O)n(C(C)C)cnc2c1C(=O)Nc1ccc(C(C)C)cc1. The second kappa shape index (κ2) is 7.03. The fourth-order valence-corrected chi connectivity index (χ4v) is 3.91. The number of nitrogens with zero attached hydrogens (tertiary/aromatic N) is 2. The van der Waals surface area contributed by atoms with Gasteiger partial charge in [0.15, 0.2) is 0 Å². The Morgan fingerprint density at radius 3 is 2.38 bits per heavy atom. The van der Waals surface area contributed by atoms with Crippen LogP contribution in [0.3, 0.4) is 0 Å². The van der Waals surface area contributed by atoms with Crippen LogP contribution in [0.2, 0.25) is 0 Å². The van der Waals surface area contributed by atoms with Crippen molar-refractivity contribution in [2.75, 3.05) is 5.32 Å². The summed E-state index contributed by atoms with van der Waals surface area (Å²) in [5.41, 5.74) is 2.81. The van der Waals surface area contributed by atoms with Gasteiger partial charge in [-0.1, -0.05) is 26.0 Å².